The first-order valence-corrected chi connectivity index (χ1v) is 8.74. The molecule has 2 N–H and O–H groups in total. The summed E-state index contributed by atoms with van der Waals surface area (Å²) in [5.74, 6) is 0.321. The fourth-order valence-corrected chi connectivity index (χ4v) is 2.92. The predicted octanol–water partition coefficient (Wildman–Crippen LogP) is 2.63. The van der Waals surface area contributed by atoms with E-state index in [4.69, 9.17) is 0 Å². The minimum Gasteiger partial charge on any atom is -0.469 e. The van der Waals surface area contributed by atoms with Gasteiger partial charge in [0.25, 0.3) is 0 Å². The quantitative estimate of drug-likeness (QED) is 0.265. The zero-order chi connectivity index (χ0) is 19.9. The average molecular weight is 514 g/mol. The molecule has 1 aromatic rings. The Bertz CT molecular complexity index is 653. The van der Waals surface area contributed by atoms with Gasteiger partial charge in [-0.2, -0.15) is 13.2 Å². The van der Waals surface area contributed by atoms with Crippen LogP contribution in [0.4, 0.5) is 13.2 Å². The number of alkyl halides is 3. The van der Waals surface area contributed by atoms with Gasteiger partial charge in [-0.15, -0.1) is 24.0 Å². The highest BCUT2D eigenvalue weighted by Crippen LogP contribution is 2.29. The minimum absolute atomic E-state index is 0. The van der Waals surface area contributed by atoms with Gasteiger partial charge in [0, 0.05) is 39.3 Å². The third-order valence-corrected chi connectivity index (χ3v) is 4.37. The summed E-state index contributed by atoms with van der Waals surface area (Å²) in [5.41, 5.74) is 0.221. The maximum Gasteiger partial charge on any atom is 0.416 e. The number of rotatable bonds is 6. The van der Waals surface area contributed by atoms with Crippen molar-refractivity contribution < 1.29 is 22.7 Å². The lowest BCUT2D eigenvalue weighted by atomic mass is 10.1. The van der Waals surface area contributed by atoms with Crippen molar-refractivity contribution in [2.75, 3.05) is 33.8 Å². The highest BCUT2D eigenvalue weighted by Gasteiger charge is 2.30. The van der Waals surface area contributed by atoms with Gasteiger partial charge >= 0.3 is 12.1 Å². The van der Waals surface area contributed by atoms with Crippen molar-refractivity contribution >= 4 is 35.9 Å². The van der Waals surface area contributed by atoms with E-state index >= 15 is 0 Å². The van der Waals surface area contributed by atoms with Gasteiger partial charge in [0.1, 0.15) is 0 Å². The van der Waals surface area contributed by atoms with Gasteiger partial charge in [0.2, 0.25) is 0 Å². The van der Waals surface area contributed by atoms with Crippen LogP contribution in [0.25, 0.3) is 0 Å². The monoisotopic (exact) mass is 514 g/mol. The van der Waals surface area contributed by atoms with E-state index in [9.17, 15) is 18.0 Å². The maximum absolute atomic E-state index is 12.6. The molecule has 1 aliphatic rings. The molecule has 6 nitrogen and oxygen atoms in total. The second-order valence-corrected chi connectivity index (χ2v) is 6.38. The summed E-state index contributed by atoms with van der Waals surface area (Å²) in [7, 11) is 3.00. The molecule has 0 radical (unpaired) electrons. The maximum atomic E-state index is 12.6. The van der Waals surface area contributed by atoms with E-state index in [0.717, 1.165) is 37.2 Å². The fraction of sp³-hybridized carbons (Fsp3) is 0.556. The van der Waals surface area contributed by atoms with Crippen LogP contribution in [0.2, 0.25) is 0 Å². The number of nitrogens with one attached hydrogen (secondary N) is 2. The van der Waals surface area contributed by atoms with Gasteiger partial charge in [-0.25, -0.2) is 0 Å². The Morgan fingerprint density at radius 1 is 1.32 bits per heavy atom. The van der Waals surface area contributed by atoms with Gasteiger partial charge < -0.3 is 15.4 Å². The molecule has 1 saturated heterocycles. The average Bonchev–Trinajstić information content (AvgIpc) is 3.07. The molecule has 1 atom stereocenters. The summed E-state index contributed by atoms with van der Waals surface area (Å²) in [6, 6.07) is 5.47. The summed E-state index contributed by atoms with van der Waals surface area (Å²) >= 11 is 0. The molecule has 0 bridgehead atoms. The molecule has 0 aromatic heterocycles. The fourth-order valence-electron chi connectivity index (χ4n) is 2.92. The van der Waals surface area contributed by atoms with Crippen LogP contribution in [0.15, 0.2) is 29.3 Å². The van der Waals surface area contributed by atoms with E-state index in [0.29, 0.717) is 19.0 Å². The van der Waals surface area contributed by atoms with Gasteiger partial charge in [-0.1, -0.05) is 12.1 Å². The molecule has 0 spiro atoms. The van der Waals surface area contributed by atoms with Crippen molar-refractivity contribution in [1.29, 1.82) is 0 Å². The summed E-state index contributed by atoms with van der Waals surface area (Å²) in [4.78, 5) is 17.4. The summed E-state index contributed by atoms with van der Waals surface area (Å²) in [6.45, 7) is 2.63. The van der Waals surface area contributed by atoms with Gasteiger partial charge in [-0.3, -0.25) is 14.7 Å². The predicted molar refractivity (Wildman–Crippen MR) is 112 cm³/mol. The zero-order valence-corrected chi connectivity index (χ0v) is 18.2. The third-order valence-electron chi connectivity index (χ3n) is 4.37. The Labute approximate surface area is 179 Å². The number of methoxy groups -OCH3 is 1. The van der Waals surface area contributed by atoms with Crippen LogP contribution in [-0.2, 0) is 22.3 Å². The smallest absolute Gasteiger partial charge is 0.416 e. The lowest BCUT2D eigenvalue weighted by Crippen LogP contribution is -2.45. The number of hydrogen-bond donors (Lipinski definition) is 2. The number of esters is 1. The van der Waals surface area contributed by atoms with E-state index in [2.05, 4.69) is 25.3 Å². The normalized spacial score (nSPS) is 17.8. The van der Waals surface area contributed by atoms with Crippen LogP contribution >= 0.6 is 24.0 Å². The first-order valence-electron chi connectivity index (χ1n) is 8.74. The first kappa shape index (κ1) is 24.5. The third kappa shape index (κ3) is 7.82. The minimum atomic E-state index is -4.31. The Kier molecular flexibility index (Phi) is 10.0. The summed E-state index contributed by atoms with van der Waals surface area (Å²) < 4.78 is 42.5. The molecule has 0 amide bonds. The highest BCUT2D eigenvalue weighted by atomic mass is 127. The number of benzene rings is 1. The number of carbonyl (C=O) groups is 1. The van der Waals surface area contributed by atoms with Crippen LogP contribution < -0.4 is 10.6 Å². The molecule has 1 fully saturated rings. The molecule has 1 aromatic carbocycles. The Morgan fingerprint density at radius 2 is 2.00 bits per heavy atom. The number of likely N-dealkylation sites (tertiary alicyclic amines) is 1. The molecular formula is C18H26F3IN4O2. The molecule has 1 aliphatic heterocycles. The largest absolute Gasteiger partial charge is 0.469 e. The molecule has 28 heavy (non-hydrogen) atoms. The Morgan fingerprint density at radius 3 is 2.57 bits per heavy atom. The molecule has 158 valence electrons. The molecule has 1 unspecified atom stereocenters. The lowest BCUT2D eigenvalue weighted by molar-refractivity contribution is -0.140. The number of ether oxygens (including phenoxy) is 1. The van der Waals surface area contributed by atoms with Crippen molar-refractivity contribution in [3.8, 4) is 0 Å². The Hall–Kier alpha value is -1.56. The number of nitrogens with zero attached hydrogens (tertiary/aromatic N) is 2. The van der Waals surface area contributed by atoms with Crippen molar-refractivity contribution in [3.05, 3.63) is 35.4 Å². The standard InChI is InChI=1S/C18H25F3N4O2.HI/c1-22-17(23-9-7-16(26)27-2)24-15-8-10-25(12-15)11-13-3-5-14(6-4-13)18(19,20)21;/h3-6,15H,7-12H2,1-2H3,(H2,22,23,24);1H. The number of hydrogen-bond acceptors (Lipinski definition) is 4. The number of halogens is 4. The number of carbonyl (C=O) groups excluding carboxylic acids is 1. The SMILES string of the molecule is CN=C(NCCC(=O)OC)NC1CCN(Cc2ccc(C(F)(F)F)cc2)C1.I. The zero-order valence-electron chi connectivity index (χ0n) is 15.9. The summed E-state index contributed by atoms with van der Waals surface area (Å²) in [5, 5.41) is 6.36. The molecule has 1 heterocycles. The van der Waals surface area contributed by atoms with E-state index in [1.54, 1.807) is 7.05 Å². The van der Waals surface area contributed by atoms with Gasteiger partial charge in [0.15, 0.2) is 5.96 Å². The van der Waals surface area contributed by atoms with Crippen LogP contribution in [-0.4, -0.2) is 56.7 Å². The van der Waals surface area contributed by atoms with Gasteiger partial charge in [-0.05, 0) is 24.1 Å². The van der Waals surface area contributed by atoms with Crippen molar-refractivity contribution in [3.63, 3.8) is 0 Å². The number of aliphatic imine (C=N–C) groups is 1. The highest BCUT2D eigenvalue weighted by molar-refractivity contribution is 14.0. The van der Waals surface area contributed by atoms with E-state index < -0.39 is 11.7 Å². The van der Waals surface area contributed by atoms with Crippen LogP contribution in [0.1, 0.15) is 24.0 Å². The second-order valence-electron chi connectivity index (χ2n) is 6.38. The van der Waals surface area contributed by atoms with Crippen LogP contribution in [0, 0.1) is 0 Å². The molecule has 10 heteroatoms. The van der Waals surface area contributed by atoms with Crippen molar-refractivity contribution in [2.24, 2.45) is 4.99 Å². The summed E-state index contributed by atoms with van der Waals surface area (Å²) in [6.07, 6.45) is -3.15. The number of guanidine groups is 1. The van der Waals surface area contributed by atoms with E-state index in [1.165, 1.54) is 19.2 Å². The molecule has 0 aliphatic carbocycles. The van der Waals surface area contributed by atoms with Crippen LogP contribution in [0.5, 0.6) is 0 Å². The molecular weight excluding hydrogens is 488 g/mol. The van der Waals surface area contributed by atoms with E-state index in [1.807, 2.05) is 0 Å². The topological polar surface area (TPSA) is 66.0 Å². The van der Waals surface area contributed by atoms with Crippen molar-refractivity contribution in [1.82, 2.24) is 15.5 Å². The van der Waals surface area contributed by atoms with E-state index in [-0.39, 0.29) is 42.4 Å². The molecule has 0 saturated carbocycles. The Balaban J connectivity index is 0.00000392. The van der Waals surface area contributed by atoms with Gasteiger partial charge in [0.05, 0.1) is 19.1 Å². The lowest BCUT2D eigenvalue weighted by Gasteiger charge is -2.19. The molecule has 2 rings (SSSR count). The van der Waals surface area contributed by atoms with Crippen LogP contribution in [0.3, 0.4) is 0 Å². The second kappa shape index (κ2) is 11.4. The van der Waals surface area contributed by atoms with Crippen molar-refractivity contribution in [2.45, 2.75) is 31.6 Å². The first-order chi connectivity index (χ1) is 12.8.